The number of hydrogen-bond acceptors (Lipinski definition) is 6. The summed E-state index contributed by atoms with van der Waals surface area (Å²) in [6, 6.07) is 12.6. The molecule has 0 atom stereocenters. The number of aromatic nitrogens is 1. The Morgan fingerprint density at radius 1 is 1.06 bits per heavy atom. The molecule has 3 aromatic rings. The number of aryl methyl sites for hydroxylation is 1. The Hall–Kier alpha value is -3.10. The molecule has 0 saturated heterocycles. The number of amides is 1. The molecule has 0 aliphatic carbocycles. The van der Waals surface area contributed by atoms with Crippen molar-refractivity contribution in [2.24, 2.45) is 0 Å². The van der Waals surface area contributed by atoms with E-state index in [1.807, 2.05) is 0 Å². The fourth-order valence-corrected chi connectivity index (χ4v) is 4.06. The highest BCUT2D eigenvalue weighted by atomic mass is 32.1. The lowest BCUT2D eigenvalue weighted by atomic mass is 10.2. The van der Waals surface area contributed by atoms with E-state index in [0.717, 1.165) is 18.7 Å². The number of rotatable bonds is 9. The molecule has 0 saturated carbocycles. The molecule has 32 heavy (non-hydrogen) atoms. The second-order valence-electron chi connectivity index (χ2n) is 7.13. The molecule has 0 fully saturated rings. The van der Waals surface area contributed by atoms with Crippen LogP contribution in [0.25, 0.3) is 10.6 Å². The van der Waals surface area contributed by atoms with Gasteiger partial charge in [0.25, 0.3) is 5.91 Å². The van der Waals surface area contributed by atoms with Crippen LogP contribution in [0.3, 0.4) is 0 Å². The third-order valence-electron chi connectivity index (χ3n) is 5.01. The van der Waals surface area contributed by atoms with E-state index >= 15 is 0 Å². The second-order valence-corrected chi connectivity index (χ2v) is 8.13. The van der Waals surface area contributed by atoms with Crippen molar-refractivity contribution in [3.63, 3.8) is 0 Å². The van der Waals surface area contributed by atoms with Crippen LogP contribution in [0.1, 0.15) is 39.6 Å². The Morgan fingerprint density at radius 2 is 1.72 bits per heavy atom. The van der Waals surface area contributed by atoms with Crippen LogP contribution >= 0.6 is 11.3 Å². The second kappa shape index (κ2) is 11.0. The van der Waals surface area contributed by atoms with Gasteiger partial charge in [-0.2, -0.15) is 0 Å². The maximum Gasteiger partial charge on any atom is 0.338 e. The Labute approximate surface area is 191 Å². The first-order valence-electron chi connectivity index (χ1n) is 10.5. The van der Waals surface area contributed by atoms with E-state index < -0.39 is 5.97 Å². The van der Waals surface area contributed by atoms with E-state index in [4.69, 9.17) is 4.74 Å². The van der Waals surface area contributed by atoms with E-state index in [0.29, 0.717) is 40.0 Å². The summed E-state index contributed by atoms with van der Waals surface area (Å²) in [7, 11) is 0. The van der Waals surface area contributed by atoms with Crippen molar-refractivity contribution in [3.8, 4) is 10.6 Å². The molecule has 0 aliphatic heterocycles. The van der Waals surface area contributed by atoms with Crippen LogP contribution in [0.2, 0.25) is 0 Å². The van der Waals surface area contributed by atoms with Gasteiger partial charge in [-0.05, 0) is 68.5 Å². The number of nitrogens with zero attached hydrogens (tertiary/aromatic N) is 2. The number of ether oxygens (including phenoxy) is 1. The third-order valence-corrected chi connectivity index (χ3v) is 6.21. The van der Waals surface area contributed by atoms with Gasteiger partial charge < -0.3 is 15.0 Å². The van der Waals surface area contributed by atoms with Crippen LogP contribution in [-0.4, -0.2) is 48.0 Å². The summed E-state index contributed by atoms with van der Waals surface area (Å²) in [6.07, 6.45) is 0. The first-order valence-corrected chi connectivity index (χ1v) is 11.3. The number of esters is 1. The van der Waals surface area contributed by atoms with Gasteiger partial charge in [0.05, 0.1) is 11.3 Å². The average molecular weight is 456 g/mol. The smallest absolute Gasteiger partial charge is 0.338 e. The summed E-state index contributed by atoms with van der Waals surface area (Å²) in [6.45, 7) is 8.74. The summed E-state index contributed by atoms with van der Waals surface area (Å²) in [5.41, 5.74) is 2.34. The zero-order valence-corrected chi connectivity index (χ0v) is 19.2. The van der Waals surface area contributed by atoms with Crippen LogP contribution in [0.5, 0.6) is 0 Å². The summed E-state index contributed by atoms with van der Waals surface area (Å²) in [5.74, 6) is -1.00. The van der Waals surface area contributed by atoms with Crippen molar-refractivity contribution < 1.29 is 18.7 Å². The molecule has 0 unspecified atom stereocenters. The van der Waals surface area contributed by atoms with E-state index in [9.17, 15) is 14.0 Å². The lowest BCUT2D eigenvalue weighted by Crippen LogP contribution is -2.27. The largest absolute Gasteiger partial charge is 0.461 e. The summed E-state index contributed by atoms with van der Waals surface area (Å²) >= 11 is 1.25. The van der Waals surface area contributed by atoms with Gasteiger partial charge in [0.2, 0.25) is 0 Å². The minimum atomic E-state index is -0.391. The molecule has 0 spiro atoms. The van der Waals surface area contributed by atoms with E-state index in [1.54, 1.807) is 43.3 Å². The Bertz CT molecular complexity index is 1060. The van der Waals surface area contributed by atoms with E-state index in [1.165, 1.54) is 23.5 Å². The van der Waals surface area contributed by atoms with Crippen molar-refractivity contribution in [1.82, 2.24) is 9.88 Å². The standard InChI is InChI=1S/C24H26FN3O3S/c1-4-28(5-2)14-15-31-24(30)18-8-12-20(13-9-18)27-22(29)21-16(3)26-23(32-21)17-6-10-19(25)11-7-17/h6-13H,4-5,14-15H2,1-3H3,(H,27,29). The minimum Gasteiger partial charge on any atom is -0.461 e. The molecule has 1 heterocycles. The average Bonchev–Trinajstić information content (AvgIpc) is 3.19. The molecule has 1 N–H and O–H groups in total. The fraction of sp³-hybridized carbons (Fsp3) is 0.292. The van der Waals surface area contributed by atoms with Crippen molar-refractivity contribution in [2.75, 3.05) is 31.6 Å². The van der Waals surface area contributed by atoms with Crippen molar-refractivity contribution in [2.45, 2.75) is 20.8 Å². The fourth-order valence-electron chi connectivity index (χ4n) is 3.09. The van der Waals surface area contributed by atoms with Crippen LogP contribution < -0.4 is 5.32 Å². The van der Waals surface area contributed by atoms with Gasteiger partial charge in [0.1, 0.15) is 22.3 Å². The highest BCUT2D eigenvalue weighted by Crippen LogP contribution is 2.28. The normalized spacial score (nSPS) is 10.9. The lowest BCUT2D eigenvalue weighted by Gasteiger charge is -2.17. The topological polar surface area (TPSA) is 71.5 Å². The minimum absolute atomic E-state index is 0.289. The van der Waals surface area contributed by atoms with Crippen LogP contribution in [0.4, 0.5) is 10.1 Å². The van der Waals surface area contributed by atoms with Crippen molar-refractivity contribution in [3.05, 3.63) is 70.5 Å². The Kier molecular flexibility index (Phi) is 8.08. The molecule has 0 radical (unpaired) electrons. The number of anilines is 1. The van der Waals surface area contributed by atoms with Gasteiger partial charge in [-0.1, -0.05) is 13.8 Å². The maximum absolute atomic E-state index is 13.1. The van der Waals surface area contributed by atoms with Crippen LogP contribution in [0.15, 0.2) is 48.5 Å². The van der Waals surface area contributed by atoms with Gasteiger partial charge in [0.15, 0.2) is 0 Å². The van der Waals surface area contributed by atoms with Crippen molar-refractivity contribution >= 4 is 28.9 Å². The van der Waals surface area contributed by atoms with Crippen LogP contribution in [0, 0.1) is 12.7 Å². The molecule has 6 nitrogen and oxygen atoms in total. The first-order chi connectivity index (χ1) is 15.4. The SMILES string of the molecule is CCN(CC)CCOC(=O)c1ccc(NC(=O)c2sc(-c3ccc(F)cc3)nc2C)cc1. The lowest BCUT2D eigenvalue weighted by molar-refractivity contribution is 0.0466. The first kappa shape index (κ1) is 23.6. The summed E-state index contributed by atoms with van der Waals surface area (Å²) in [4.78, 5) is 32.0. The Morgan fingerprint density at radius 3 is 2.34 bits per heavy atom. The highest BCUT2D eigenvalue weighted by molar-refractivity contribution is 7.17. The predicted molar refractivity (Wildman–Crippen MR) is 125 cm³/mol. The number of benzene rings is 2. The van der Waals surface area contributed by atoms with Gasteiger partial charge in [-0.3, -0.25) is 4.79 Å². The monoisotopic (exact) mass is 455 g/mol. The molecular weight excluding hydrogens is 429 g/mol. The quantitative estimate of drug-likeness (QED) is 0.459. The zero-order chi connectivity index (χ0) is 23.1. The molecule has 1 aromatic heterocycles. The number of carbonyl (C=O) groups is 2. The van der Waals surface area contributed by atoms with E-state index in [2.05, 4.69) is 29.0 Å². The number of nitrogens with one attached hydrogen (secondary N) is 1. The third kappa shape index (κ3) is 5.99. The Balaban J connectivity index is 1.60. The number of carbonyl (C=O) groups excluding carboxylic acids is 2. The molecule has 0 bridgehead atoms. The predicted octanol–water partition coefficient (Wildman–Crippen LogP) is 5.01. The number of hydrogen-bond donors (Lipinski definition) is 1. The molecule has 1 amide bonds. The van der Waals surface area contributed by atoms with E-state index in [-0.39, 0.29) is 11.7 Å². The molecule has 0 aliphatic rings. The summed E-state index contributed by atoms with van der Waals surface area (Å²) in [5, 5.41) is 3.47. The van der Waals surface area contributed by atoms with Crippen LogP contribution in [-0.2, 0) is 4.74 Å². The molecule has 168 valence electrons. The molecule has 2 aromatic carbocycles. The molecule has 8 heteroatoms. The zero-order valence-electron chi connectivity index (χ0n) is 18.4. The van der Waals surface area contributed by atoms with Gasteiger partial charge in [-0.15, -0.1) is 11.3 Å². The summed E-state index contributed by atoms with van der Waals surface area (Å²) < 4.78 is 18.5. The van der Waals surface area contributed by atoms with Gasteiger partial charge in [-0.25, -0.2) is 14.2 Å². The number of halogens is 1. The van der Waals surface area contributed by atoms with Gasteiger partial charge >= 0.3 is 5.97 Å². The number of thiazole rings is 1. The molecule has 3 rings (SSSR count). The van der Waals surface area contributed by atoms with Gasteiger partial charge in [0, 0.05) is 17.8 Å². The molecular formula is C24H26FN3O3S. The van der Waals surface area contributed by atoms with Crippen molar-refractivity contribution in [1.29, 1.82) is 0 Å². The maximum atomic E-state index is 13.1. The highest BCUT2D eigenvalue weighted by Gasteiger charge is 2.17. The number of likely N-dealkylation sites (N-methyl/N-ethyl adjacent to an activating group) is 1.